The summed E-state index contributed by atoms with van der Waals surface area (Å²) in [4.78, 5) is 10.3. The van der Waals surface area contributed by atoms with Gasteiger partial charge in [-0.2, -0.15) is 13.2 Å². The molecule has 0 saturated heterocycles. The second-order valence-corrected chi connectivity index (χ2v) is 4.42. The van der Waals surface area contributed by atoms with E-state index in [1.807, 2.05) is 0 Å². The van der Waals surface area contributed by atoms with Crippen molar-refractivity contribution in [2.24, 2.45) is 0 Å². The third-order valence-electron chi connectivity index (χ3n) is 2.49. The lowest BCUT2D eigenvalue weighted by Gasteiger charge is -2.10. The number of alkyl halides is 3. The van der Waals surface area contributed by atoms with Crippen molar-refractivity contribution in [3.63, 3.8) is 0 Å². The Morgan fingerprint density at radius 1 is 1.26 bits per heavy atom. The minimum absolute atomic E-state index is 0.222. The van der Waals surface area contributed by atoms with Crippen LogP contribution in [0.3, 0.4) is 0 Å². The highest BCUT2D eigenvalue weighted by atomic mass is 35.5. The Labute approximate surface area is 113 Å². The maximum absolute atomic E-state index is 12.5. The van der Waals surface area contributed by atoms with Crippen LogP contribution in [0.2, 0.25) is 5.02 Å². The Kier molecular flexibility index (Phi) is 5.42. The summed E-state index contributed by atoms with van der Waals surface area (Å²) in [6.07, 6.45) is -4.04. The molecule has 0 amide bonds. The Hall–Kier alpha value is -1.49. The van der Waals surface area contributed by atoms with E-state index in [0.717, 1.165) is 5.56 Å². The van der Waals surface area contributed by atoms with Crippen molar-refractivity contribution in [2.45, 2.75) is 25.4 Å². The molecule has 0 bridgehead atoms. The van der Waals surface area contributed by atoms with Crippen LogP contribution in [-0.4, -0.2) is 17.3 Å². The van der Waals surface area contributed by atoms with Gasteiger partial charge in [0, 0.05) is 16.7 Å². The quantitative estimate of drug-likeness (QED) is 0.824. The average molecular weight is 293 g/mol. The summed E-state index contributed by atoms with van der Waals surface area (Å²) in [5.41, 5.74) is -0.157. The molecule has 0 aliphatic rings. The molecular weight excluding hydrogens is 281 g/mol. The number of benzene rings is 1. The van der Waals surface area contributed by atoms with Crippen LogP contribution < -0.4 is 0 Å². The summed E-state index contributed by atoms with van der Waals surface area (Å²) >= 11 is 5.69. The number of hydrogen-bond donors (Lipinski definition) is 1. The standard InChI is InChI=1S/C13H12ClF3O2/c14-11-6-4-9(5-7-11)2-1-3-10(8-12(18)19)13(15,16)17/h4-8H,1-3H2,(H,18,19)/b10-8+. The fraction of sp³-hybridized carbons (Fsp3) is 0.308. The van der Waals surface area contributed by atoms with Gasteiger partial charge in [0.2, 0.25) is 0 Å². The molecule has 0 radical (unpaired) electrons. The van der Waals surface area contributed by atoms with Crippen molar-refractivity contribution in [3.8, 4) is 0 Å². The summed E-state index contributed by atoms with van der Waals surface area (Å²) in [5.74, 6) is -1.58. The molecule has 1 N–H and O–H groups in total. The normalized spacial score (nSPS) is 12.5. The van der Waals surface area contributed by atoms with Crippen LogP contribution in [0.25, 0.3) is 0 Å². The first-order valence-electron chi connectivity index (χ1n) is 5.54. The third kappa shape index (κ3) is 5.79. The van der Waals surface area contributed by atoms with Crippen LogP contribution in [0.15, 0.2) is 35.9 Å². The molecule has 0 atom stereocenters. The first-order valence-corrected chi connectivity index (χ1v) is 5.92. The molecule has 1 aromatic carbocycles. The zero-order valence-corrected chi connectivity index (χ0v) is 10.6. The number of halogens is 4. The zero-order chi connectivity index (χ0) is 14.5. The van der Waals surface area contributed by atoms with E-state index in [9.17, 15) is 18.0 Å². The number of allylic oxidation sites excluding steroid dienone is 1. The van der Waals surface area contributed by atoms with Crippen molar-refractivity contribution in [1.29, 1.82) is 0 Å². The number of carboxylic acids is 1. The topological polar surface area (TPSA) is 37.3 Å². The van der Waals surface area contributed by atoms with Crippen molar-refractivity contribution < 1.29 is 23.1 Å². The lowest BCUT2D eigenvalue weighted by atomic mass is 10.0. The zero-order valence-electron chi connectivity index (χ0n) is 9.88. The van der Waals surface area contributed by atoms with Crippen LogP contribution >= 0.6 is 11.6 Å². The summed E-state index contributed by atoms with van der Waals surface area (Å²) in [6, 6.07) is 6.79. The molecule has 0 fully saturated rings. The SMILES string of the molecule is O=C(O)/C=C(\CCCc1ccc(Cl)cc1)C(F)(F)F. The van der Waals surface area contributed by atoms with E-state index in [0.29, 0.717) is 11.4 Å². The van der Waals surface area contributed by atoms with Crippen molar-refractivity contribution >= 4 is 17.6 Å². The molecule has 0 spiro atoms. The fourth-order valence-electron chi connectivity index (χ4n) is 1.58. The maximum Gasteiger partial charge on any atom is 0.412 e. The van der Waals surface area contributed by atoms with Gasteiger partial charge in [-0.25, -0.2) is 4.79 Å². The second kappa shape index (κ2) is 6.61. The summed E-state index contributed by atoms with van der Waals surface area (Å²) in [5, 5.41) is 8.96. The second-order valence-electron chi connectivity index (χ2n) is 3.99. The minimum Gasteiger partial charge on any atom is -0.478 e. The predicted molar refractivity (Wildman–Crippen MR) is 66.2 cm³/mol. The van der Waals surface area contributed by atoms with Gasteiger partial charge >= 0.3 is 12.1 Å². The van der Waals surface area contributed by atoms with Gasteiger partial charge < -0.3 is 5.11 Å². The monoisotopic (exact) mass is 292 g/mol. The van der Waals surface area contributed by atoms with E-state index in [4.69, 9.17) is 16.7 Å². The molecule has 0 saturated carbocycles. The number of hydrogen-bond acceptors (Lipinski definition) is 1. The Morgan fingerprint density at radius 2 is 1.84 bits per heavy atom. The van der Waals surface area contributed by atoms with Crippen LogP contribution in [0, 0.1) is 0 Å². The van der Waals surface area contributed by atoms with E-state index in [1.165, 1.54) is 0 Å². The maximum atomic E-state index is 12.5. The van der Waals surface area contributed by atoms with Crippen LogP contribution in [0.1, 0.15) is 18.4 Å². The van der Waals surface area contributed by atoms with Crippen LogP contribution in [0.5, 0.6) is 0 Å². The largest absolute Gasteiger partial charge is 0.478 e. The van der Waals surface area contributed by atoms with E-state index in [-0.39, 0.29) is 18.9 Å². The predicted octanol–water partition coefficient (Wildman–Crippen LogP) is 4.24. The summed E-state index contributed by atoms with van der Waals surface area (Å²) < 4.78 is 37.5. The third-order valence-corrected chi connectivity index (χ3v) is 2.74. The smallest absolute Gasteiger partial charge is 0.412 e. The Bertz CT molecular complexity index is 464. The van der Waals surface area contributed by atoms with Gasteiger partial charge in [0.25, 0.3) is 0 Å². The van der Waals surface area contributed by atoms with Gasteiger partial charge in [-0.1, -0.05) is 23.7 Å². The Balaban J connectivity index is 2.58. The molecule has 1 aromatic rings. The highest BCUT2D eigenvalue weighted by Gasteiger charge is 2.33. The van der Waals surface area contributed by atoms with Gasteiger partial charge in [0.05, 0.1) is 0 Å². The molecule has 0 heterocycles. The summed E-state index contributed by atoms with van der Waals surface area (Å²) in [7, 11) is 0. The number of carboxylic acid groups (broad SMARTS) is 1. The molecule has 2 nitrogen and oxygen atoms in total. The molecule has 0 unspecified atom stereocenters. The fourth-order valence-corrected chi connectivity index (χ4v) is 1.70. The first-order chi connectivity index (χ1) is 8.79. The van der Waals surface area contributed by atoms with E-state index in [1.54, 1.807) is 24.3 Å². The molecule has 0 aliphatic carbocycles. The van der Waals surface area contributed by atoms with Gasteiger partial charge in [-0.15, -0.1) is 0 Å². The van der Waals surface area contributed by atoms with Crippen LogP contribution in [-0.2, 0) is 11.2 Å². The van der Waals surface area contributed by atoms with E-state index in [2.05, 4.69) is 0 Å². The lowest BCUT2D eigenvalue weighted by molar-refractivity contribution is -0.132. The van der Waals surface area contributed by atoms with Crippen molar-refractivity contribution in [3.05, 3.63) is 46.5 Å². The highest BCUT2D eigenvalue weighted by Crippen LogP contribution is 2.29. The minimum atomic E-state index is -4.60. The molecule has 6 heteroatoms. The number of aryl methyl sites for hydroxylation is 1. The van der Waals surface area contributed by atoms with Gasteiger partial charge in [-0.05, 0) is 37.0 Å². The number of carbonyl (C=O) groups is 1. The number of rotatable bonds is 5. The van der Waals surface area contributed by atoms with Gasteiger partial charge in [0.15, 0.2) is 0 Å². The van der Waals surface area contributed by atoms with Crippen molar-refractivity contribution in [2.75, 3.05) is 0 Å². The lowest BCUT2D eigenvalue weighted by Crippen LogP contribution is -2.14. The number of aliphatic carboxylic acids is 1. The molecule has 0 aliphatic heterocycles. The highest BCUT2D eigenvalue weighted by molar-refractivity contribution is 6.30. The first kappa shape index (κ1) is 15.6. The van der Waals surface area contributed by atoms with Crippen molar-refractivity contribution in [1.82, 2.24) is 0 Å². The van der Waals surface area contributed by atoms with Crippen LogP contribution in [0.4, 0.5) is 13.2 Å². The molecule has 104 valence electrons. The van der Waals surface area contributed by atoms with E-state index < -0.39 is 17.7 Å². The summed E-state index contributed by atoms with van der Waals surface area (Å²) in [6.45, 7) is 0. The van der Waals surface area contributed by atoms with Gasteiger partial charge in [0.1, 0.15) is 0 Å². The van der Waals surface area contributed by atoms with Gasteiger partial charge in [-0.3, -0.25) is 0 Å². The molecule has 0 aromatic heterocycles. The molecular formula is C13H12ClF3O2. The Morgan fingerprint density at radius 3 is 2.32 bits per heavy atom. The molecule has 19 heavy (non-hydrogen) atoms. The van der Waals surface area contributed by atoms with E-state index >= 15 is 0 Å². The average Bonchev–Trinajstić information content (AvgIpc) is 2.28. The molecule has 1 rings (SSSR count).